The molecule has 0 heterocycles. The fraction of sp³-hybridized carbons (Fsp3) is 0.853. The van der Waals surface area contributed by atoms with Crippen molar-refractivity contribution in [3.63, 3.8) is 0 Å². The summed E-state index contributed by atoms with van der Waals surface area (Å²) in [4.78, 5) is 37.6. The third kappa shape index (κ3) is 15.2. The van der Waals surface area contributed by atoms with Crippen LogP contribution in [0.5, 0.6) is 0 Å². The number of carbonyl (C=O) groups excluding carboxylic acids is 1. The van der Waals surface area contributed by atoms with Gasteiger partial charge in [-0.3, -0.25) is 4.48 Å². The second kappa shape index (κ2) is 24.7. The van der Waals surface area contributed by atoms with E-state index in [0.29, 0.717) is 25.7 Å². The average Bonchev–Trinajstić information content (AvgIpc) is 2.93. The van der Waals surface area contributed by atoms with E-state index >= 15 is 0 Å². The molecule has 0 aromatic rings. The van der Waals surface area contributed by atoms with Gasteiger partial charge in [0.15, 0.2) is 12.1 Å². The molecule has 0 aliphatic heterocycles. The maximum absolute atomic E-state index is 12.6. The average molecular weight is 582 g/mol. The van der Waals surface area contributed by atoms with Crippen LogP contribution in [0.15, 0.2) is 12.7 Å². The smallest absolute Gasteiger partial charge is 0.362 e. The molecule has 0 aromatic heterocycles. The van der Waals surface area contributed by atoms with E-state index in [1.54, 1.807) is 0 Å². The molecular formula is C34H63NO6. The van der Waals surface area contributed by atoms with Crippen LogP contribution in [0.2, 0.25) is 0 Å². The van der Waals surface area contributed by atoms with Crippen molar-refractivity contribution in [1.29, 1.82) is 0 Å². The standard InChI is InChI=1S/C34H63NO6/c1-5-9-10-11-12-13-14-15-16-17-18-19-20-21-22-23-24-28-35(29(25-6-2)32(36)37,30(26-7-3)33(38)39)31(27-8-4)34(40)41/h5,29-31H,1,6-28H2,2-4H3,(H2-,36,37,38,39,40,41). The quantitative estimate of drug-likeness (QED) is 0.0511. The van der Waals surface area contributed by atoms with Crippen LogP contribution in [0.4, 0.5) is 0 Å². The van der Waals surface area contributed by atoms with Crippen LogP contribution in [0.25, 0.3) is 0 Å². The highest BCUT2D eigenvalue weighted by Crippen LogP contribution is 2.34. The first kappa shape index (κ1) is 39.1. The molecule has 0 saturated carbocycles. The zero-order chi connectivity index (χ0) is 30.9. The van der Waals surface area contributed by atoms with E-state index in [9.17, 15) is 29.7 Å². The molecule has 41 heavy (non-hydrogen) atoms. The number of hydrogen-bond donors (Lipinski definition) is 2. The first-order valence-electron chi connectivity index (χ1n) is 16.9. The Morgan fingerprint density at radius 2 is 0.927 bits per heavy atom. The largest absolute Gasteiger partial charge is 0.544 e. The molecule has 0 bridgehead atoms. The molecule has 0 aromatic carbocycles. The molecule has 3 unspecified atom stereocenters. The minimum atomic E-state index is -1.33. The fourth-order valence-corrected chi connectivity index (χ4v) is 6.61. The zero-order valence-electron chi connectivity index (χ0n) is 26.8. The summed E-state index contributed by atoms with van der Waals surface area (Å²) >= 11 is 0. The van der Waals surface area contributed by atoms with Gasteiger partial charge >= 0.3 is 11.9 Å². The summed E-state index contributed by atoms with van der Waals surface area (Å²) in [7, 11) is 0. The maximum atomic E-state index is 12.6. The van der Waals surface area contributed by atoms with Crippen molar-refractivity contribution in [3.8, 4) is 0 Å². The van der Waals surface area contributed by atoms with Gasteiger partial charge in [0.05, 0.1) is 12.5 Å². The van der Waals surface area contributed by atoms with Crippen LogP contribution >= 0.6 is 0 Å². The number of carboxylic acid groups (broad SMARTS) is 3. The summed E-state index contributed by atoms with van der Waals surface area (Å²) in [5, 5.41) is 33.0. The number of aliphatic carboxylic acids is 3. The van der Waals surface area contributed by atoms with Gasteiger partial charge in [-0.1, -0.05) is 110 Å². The van der Waals surface area contributed by atoms with Gasteiger partial charge in [-0.15, -0.1) is 6.58 Å². The number of hydrogen-bond acceptors (Lipinski definition) is 4. The molecule has 2 N–H and O–H groups in total. The lowest BCUT2D eigenvalue weighted by molar-refractivity contribution is -0.975. The second-order valence-electron chi connectivity index (χ2n) is 12.0. The SMILES string of the molecule is C=CCCCCCCCCCCCCCCCCC[N+](C(CCC)C(=O)[O-])(C(CCC)C(=O)O)C(CCC)C(=O)O. The molecule has 7 heteroatoms. The Labute approximate surface area is 251 Å². The Morgan fingerprint density at radius 1 is 0.610 bits per heavy atom. The number of allylic oxidation sites excluding steroid dienone is 1. The third-order valence-corrected chi connectivity index (χ3v) is 8.72. The van der Waals surface area contributed by atoms with E-state index < -0.39 is 40.5 Å². The number of rotatable bonds is 30. The number of carbonyl (C=O) groups is 3. The maximum Gasteiger partial charge on any atom is 0.362 e. The normalized spacial score (nSPS) is 15.1. The van der Waals surface area contributed by atoms with Crippen LogP contribution < -0.4 is 5.11 Å². The Morgan fingerprint density at radius 3 is 1.22 bits per heavy atom. The molecule has 3 atom stereocenters. The van der Waals surface area contributed by atoms with Crippen molar-refractivity contribution in [2.24, 2.45) is 0 Å². The summed E-state index contributed by atoms with van der Waals surface area (Å²) in [6.07, 6.45) is 23.2. The van der Waals surface area contributed by atoms with Crippen molar-refractivity contribution < 1.29 is 34.2 Å². The highest BCUT2D eigenvalue weighted by molar-refractivity contribution is 5.77. The van der Waals surface area contributed by atoms with E-state index in [4.69, 9.17) is 0 Å². The number of unbranched alkanes of at least 4 members (excludes halogenated alkanes) is 15. The van der Waals surface area contributed by atoms with Gasteiger partial charge in [0.1, 0.15) is 6.04 Å². The van der Waals surface area contributed by atoms with Crippen molar-refractivity contribution >= 4 is 17.9 Å². The summed E-state index contributed by atoms with van der Waals surface area (Å²) in [6.45, 7) is 9.58. The summed E-state index contributed by atoms with van der Waals surface area (Å²) in [5.41, 5.74) is 0. The summed E-state index contributed by atoms with van der Waals surface area (Å²) in [6, 6.07) is -3.32. The Bertz CT molecular complexity index is 650. The molecule has 7 nitrogen and oxygen atoms in total. The second-order valence-corrected chi connectivity index (χ2v) is 12.0. The summed E-state index contributed by atoms with van der Waals surface area (Å²) < 4.78 is -0.433. The predicted octanol–water partition coefficient (Wildman–Crippen LogP) is 7.66. The lowest BCUT2D eigenvalue weighted by Gasteiger charge is -2.52. The Balaban J connectivity index is 4.95. The highest BCUT2D eigenvalue weighted by Gasteiger charge is 2.54. The van der Waals surface area contributed by atoms with Crippen molar-refractivity contribution in [2.45, 2.75) is 180 Å². The third-order valence-electron chi connectivity index (χ3n) is 8.72. The predicted molar refractivity (Wildman–Crippen MR) is 166 cm³/mol. The van der Waals surface area contributed by atoms with Gasteiger partial charge < -0.3 is 20.1 Å². The van der Waals surface area contributed by atoms with Gasteiger partial charge in [-0.25, -0.2) is 9.59 Å². The lowest BCUT2D eigenvalue weighted by atomic mass is 9.91. The van der Waals surface area contributed by atoms with E-state index in [0.717, 1.165) is 25.7 Å². The van der Waals surface area contributed by atoms with Crippen molar-refractivity contribution in [1.82, 2.24) is 0 Å². The molecular weight excluding hydrogens is 518 g/mol. The van der Waals surface area contributed by atoms with Gasteiger partial charge in [0, 0.05) is 19.3 Å². The number of nitrogens with zero attached hydrogens (tertiary/aromatic N) is 1. The van der Waals surface area contributed by atoms with Crippen LogP contribution in [-0.2, 0) is 14.4 Å². The number of carboxylic acids is 3. The molecule has 0 amide bonds. The van der Waals surface area contributed by atoms with Crippen molar-refractivity contribution in [2.75, 3.05) is 6.54 Å². The fourth-order valence-electron chi connectivity index (χ4n) is 6.61. The number of quaternary nitrogens is 1. The van der Waals surface area contributed by atoms with Crippen LogP contribution in [0.3, 0.4) is 0 Å². The van der Waals surface area contributed by atoms with Crippen LogP contribution in [0, 0.1) is 0 Å². The van der Waals surface area contributed by atoms with E-state index in [1.807, 2.05) is 26.8 Å². The van der Waals surface area contributed by atoms with Gasteiger partial charge in [0.25, 0.3) is 0 Å². The minimum absolute atomic E-state index is 0.207. The van der Waals surface area contributed by atoms with Gasteiger partial charge in [0.2, 0.25) is 0 Å². The topological polar surface area (TPSA) is 115 Å². The van der Waals surface area contributed by atoms with E-state index in [1.165, 1.54) is 70.6 Å². The van der Waals surface area contributed by atoms with Crippen molar-refractivity contribution in [3.05, 3.63) is 12.7 Å². The molecule has 0 aliphatic carbocycles. The first-order valence-corrected chi connectivity index (χ1v) is 16.9. The lowest BCUT2D eigenvalue weighted by Crippen LogP contribution is -2.74. The van der Waals surface area contributed by atoms with E-state index in [2.05, 4.69) is 6.58 Å². The van der Waals surface area contributed by atoms with Gasteiger partial charge in [-0.2, -0.15) is 0 Å². The molecule has 240 valence electrons. The molecule has 0 aliphatic rings. The molecule has 0 saturated heterocycles. The summed E-state index contributed by atoms with van der Waals surface area (Å²) in [5.74, 6) is -3.56. The Hall–Kier alpha value is -1.89. The van der Waals surface area contributed by atoms with Crippen LogP contribution in [0.1, 0.15) is 162 Å². The molecule has 0 rings (SSSR count). The molecule has 0 spiro atoms. The van der Waals surface area contributed by atoms with Gasteiger partial charge in [-0.05, 0) is 38.5 Å². The highest BCUT2D eigenvalue weighted by atomic mass is 16.4. The van der Waals surface area contributed by atoms with E-state index in [-0.39, 0.29) is 25.8 Å². The monoisotopic (exact) mass is 581 g/mol. The first-order chi connectivity index (χ1) is 19.7. The molecule has 0 fully saturated rings. The minimum Gasteiger partial charge on any atom is -0.544 e. The van der Waals surface area contributed by atoms with Crippen LogP contribution in [-0.4, -0.2) is 57.3 Å². The molecule has 0 radical (unpaired) electrons. The Kier molecular flexibility index (Phi) is 23.5. The zero-order valence-corrected chi connectivity index (χ0v) is 26.8.